The molecule has 1 saturated heterocycles. The summed E-state index contributed by atoms with van der Waals surface area (Å²) >= 11 is 0. The van der Waals surface area contributed by atoms with E-state index in [1.807, 2.05) is 12.1 Å². The lowest BCUT2D eigenvalue weighted by molar-refractivity contribution is -0.0695. The van der Waals surface area contributed by atoms with Gasteiger partial charge in [-0.05, 0) is 29.7 Å². The van der Waals surface area contributed by atoms with Gasteiger partial charge in [-0.25, -0.2) is 13.1 Å². The summed E-state index contributed by atoms with van der Waals surface area (Å²) in [6, 6.07) is 5.98. The van der Waals surface area contributed by atoms with Crippen molar-refractivity contribution in [3.05, 3.63) is 29.3 Å². The van der Waals surface area contributed by atoms with Crippen molar-refractivity contribution in [3.63, 3.8) is 0 Å². The van der Waals surface area contributed by atoms with Gasteiger partial charge in [0.15, 0.2) is 0 Å². The van der Waals surface area contributed by atoms with E-state index in [1.54, 1.807) is 13.0 Å². The molecule has 110 valence electrons. The number of hydrogen-bond acceptors (Lipinski definition) is 4. The topological polar surface area (TPSA) is 58.6 Å². The molecule has 0 spiro atoms. The molecule has 1 fully saturated rings. The molecule has 0 aromatic heterocycles. The number of hydrogen-bond donors (Lipinski definition) is 1. The Morgan fingerprint density at radius 1 is 1.35 bits per heavy atom. The van der Waals surface area contributed by atoms with Gasteiger partial charge < -0.3 is 4.74 Å². The third-order valence-corrected chi connectivity index (χ3v) is 5.54. The highest BCUT2D eigenvalue weighted by atomic mass is 32.2. The predicted octanol–water partition coefficient (Wildman–Crippen LogP) is 0.742. The van der Waals surface area contributed by atoms with Gasteiger partial charge in [-0.15, -0.1) is 0 Å². The van der Waals surface area contributed by atoms with Crippen molar-refractivity contribution in [2.24, 2.45) is 0 Å². The lowest BCUT2D eigenvalue weighted by Crippen LogP contribution is -2.50. The second kappa shape index (κ2) is 5.44. The minimum absolute atomic E-state index is 0.366. The van der Waals surface area contributed by atoms with Gasteiger partial charge in [0.05, 0.1) is 24.2 Å². The van der Waals surface area contributed by atoms with E-state index in [-0.39, 0.29) is 0 Å². The Morgan fingerprint density at radius 3 is 2.80 bits per heavy atom. The molecule has 5 nitrogen and oxygen atoms in total. The molecule has 0 unspecified atom stereocenters. The molecule has 0 bridgehead atoms. The Hall–Kier alpha value is -0.950. The molecule has 2 aliphatic rings. The van der Waals surface area contributed by atoms with E-state index in [4.69, 9.17) is 4.74 Å². The smallest absolute Gasteiger partial charge is 0.240 e. The van der Waals surface area contributed by atoms with Gasteiger partial charge in [-0.3, -0.25) is 4.90 Å². The monoisotopic (exact) mass is 296 g/mol. The molecule has 3 rings (SSSR count). The van der Waals surface area contributed by atoms with Crippen LogP contribution in [-0.4, -0.2) is 45.7 Å². The standard InChI is InChI=1S/C14H20N2O3S/c1-2-15-20(17,18)14-4-3-11-5-6-16(8-12(11)7-14)13-9-19-10-13/h3-4,7,13,15H,2,5-6,8-10H2,1H3. The summed E-state index contributed by atoms with van der Waals surface area (Å²) in [6.45, 7) is 5.63. The van der Waals surface area contributed by atoms with Gasteiger partial charge in [-0.2, -0.15) is 0 Å². The van der Waals surface area contributed by atoms with Crippen LogP contribution >= 0.6 is 0 Å². The molecule has 0 radical (unpaired) electrons. The Balaban J connectivity index is 1.84. The van der Waals surface area contributed by atoms with E-state index in [2.05, 4.69) is 9.62 Å². The summed E-state index contributed by atoms with van der Waals surface area (Å²) in [5.41, 5.74) is 2.39. The zero-order valence-electron chi connectivity index (χ0n) is 11.6. The van der Waals surface area contributed by atoms with Gasteiger partial charge in [0, 0.05) is 19.6 Å². The van der Waals surface area contributed by atoms with E-state index in [9.17, 15) is 8.42 Å². The fourth-order valence-corrected chi connectivity index (χ4v) is 3.83. The second-order valence-corrected chi connectivity index (χ2v) is 7.11. The average Bonchev–Trinajstić information content (AvgIpc) is 2.36. The maximum absolute atomic E-state index is 12.1. The average molecular weight is 296 g/mol. The normalized spacial score (nSPS) is 20.4. The van der Waals surface area contributed by atoms with Gasteiger partial charge in [-0.1, -0.05) is 13.0 Å². The van der Waals surface area contributed by atoms with Crippen molar-refractivity contribution < 1.29 is 13.2 Å². The number of nitrogens with one attached hydrogen (secondary N) is 1. The number of ether oxygens (including phenoxy) is 1. The first-order valence-corrected chi connectivity index (χ1v) is 8.52. The molecule has 2 aliphatic heterocycles. The first-order chi connectivity index (χ1) is 9.60. The van der Waals surface area contributed by atoms with Crippen LogP contribution in [0.3, 0.4) is 0 Å². The minimum Gasteiger partial charge on any atom is -0.378 e. The summed E-state index contributed by atoms with van der Waals surface area (Å²) in [4.78, 5) is 2.75. The Kier molecular flexibility index (Phi) is 3.81. The first-order valence-electron chi connectivity index (χ1n) is 7.03. The fraction of sp³-hybridized carbons (Fsp3) is 0.571. The van der Waals surface area contributed by atoms with E-state index in [0.29, 0.717) is 17.5 Å². The predicted molar refractivity (Wildman–Crippen MR) is 76.0 cm³/mol. The van der Waals surface area contributed by atoms with E-state index < -0.39 is 10.0 Å². The van der Waals surface area contributed by atoms with Crippen LogP contribution in [0.5, 0.6) is 0 Å². The summed E-state index contributed by atoms with van der Waals surface area (Å²) in [5.74, 6) is 0. The van der Waals surface area contributed by atoms with Crippen LogP contribution in [0.2, 0.25) is 0 Å². The summed E-state index contributed by atoms with van der Waals surface area (Å²) in [6.07, 6.45) is 0.980. The third-order valence-electron chi connectivity index (χ3n) is 4.00. The van der Waals surface area contributed by atoms with Crippen LogP contribution in [-0.2, 0) is 27.7 Å². The van der Waals surface area contributed by atoms with Gasteiger partial charge in [0.2, 0.25) is 10.0 Å². The molecule has 0 amide bonds. The zero-order valence-corrected chi connectivity index (χ0v) is 12.4. The quantitative estimate of drug-likeness (QED) is 0.890. The molecule has 0 saturated carbocycles. The van der Waals surface area contributed by atoms with Crippen molar-refractivity contribution >= 4 is 10.0 Å². The number of nitrogens with zero attached hydrogens (tertiary/aromatic N) is 1. The van der Waals surface area contributed by atoms with Gasteiger partial charge in [0.1, 0.15) is 0 Å². The largest absolute Gasteiger partial charge is 0.378 e. The number of rotatable bonds is 4. The number of sulfonamides is 1. The highest BCUT2D eigenvalue weighted by molar-refractivity contribution is 7.89. The Morgan fingerprint density at radius 2 is 2.15 bits per heavy atom. The second-order valence-electron chi connectivity index (χ2n) is 5.34. The number of fused-ring (bicyclic) bond motifs is 1. The molecule has 1 aromatic carbocycles. The van der Waals surface area contributed by atoms with Crippen LogP contribution in [0, 0.1) is 0 Å². The van der Waals surface area contributed by atoms with Crippen molar-refractivity contribution in [2.45, 2.75) is 30.8 Å². The maximum atomic E-state index is 12.1. The minimum atomic E-state index is -3.37. The van der Waals surface area contributed by atoms with Crippen LogP contribution in [0.25, 0.3) is 0 Å². The lowest BCUT2D eigenvalue weighted by atomic mass is 9.98. The Bertz CT molecular complexity index is 596. The molecule has 0 aliphatic carbocycles. The van der Waals surface area contributed by atoms with Crippen molar-refractivity contribution in [3.8, 4) is 0 Å². The first kappa shape index (κ1) is 14.0. The van der Waals surface area contributed by atoms with Crippen molar-refractivity contribution in [2.75, 3.05) is 26.3 Å². The highest BCUT2D eigenvalue weighted by Gasteiger charge is 2.29. The van der Waals surface area contributed by atoms with Crippen molar-refractivity contribution in [1.29, 1.82) is 0 Å². The molecule has 20 heavy (non-hydrogen) atoms. The van der Waals surface area contributed by atoms with Gasteiger partial charge in [0.25, 0.3) is 0 Å². The molecule has 0 atom stereocenters. The highest BCUT2D eigenvalue weighted by Crippen LogP contribution is 2.25. The van der Waals surface area contributed by atoms with Crippen LogP contribution < -0.4 is 4.72 Å². The maximum Gasteiger partial charge on any atom is 0.240 e. The zero-order chi connectivity index (χ0) is 14.2. The van der Waals surface area contributed by atoms with Crippen LogP contribution in [0.4, 0.5) is 0 Å². The molecular weight excluding hydrogens is 276 g/mol. The lowest BCUT2D eigenvalue weighted by Gasteiger charge is -2.40. The summed E-state index contributed by atoms with van der Waals surface area (Å²) in [7, 11) is -3.37. The van der Waals surface area contributed by atoms with Crippen molar-refractivity contribution in [1.82, 2.24) is 9.62 Å². The van der Waals surface area contributed by atoms with Gasteiger partial charge >= 0.3 is 0 Å². The molecule has 6 heteroatoms. The van der Waals surface area contributed by atoms with Crippen LogP contribution in [0.1, 0.15) is 18.1 Å². The summed E-state index contributed by atoms with van der Waals surface area (Å²) < 4.78 is 31.9. The summed E-state index contributed by atoms with van der Waals surface area (Å²) in [5, 5.41) is 0. The SMILES string of the molecule is CCNS(=O)(=O)c1ccc2c(c1)CN(C1COC1)CC2. The molecule has 1 aromatic rings. The molecule has 2 heterocycles. The van der Waals surface area contributed by atoms with E-state index >= 15 is 0 Å². The molecular formula is C14H20N2O3S. The fourth-order valence-electron chi connectivity index (χ4n) is 2.74. The van der Waals surface area contributed by atoms with E-state index in [0.717, 1.165) is 38.3 Å². The van der Waals surface area contributed by atoms with E-state index in [1.165, 1.54) is 5.56 Å². The van der Waals surface area contributed by atoms with Crippen LogP contribution in [0.15, 0.2) is 23.1 Å². The third kappa shape index (κ3) is 2.61. The number of benzene rings is 1. The Labute approximate surface area is 120 Å². The molecule has 1 N–H and O–H groups in total.